The molecule has 5 rings (SSSR count). The molecule has 2 N–H and O–H groups in total. The first-order valence-corrected chi connectivity index (χ1v) is 11.8. The Hall–Kier alpha value is -3.24. The van der Waals surface area contributed by atoms with E-state index < -0.39 is 0 Å². The molecule has 1 aliphatic carbocycles. The van der Waals surface area contributed by atoms with Crippen molar-refractivity contribution in [3.8, 4) is 5.75 Å². The first-order chi connectivity index (χ1) is 16.0. The SMILES string of the molecule is CC(C)Oc1ccc(C2CC(=O)C3=C(C2)Nc2ccccc2NC3c2ccccc2Cl)cc1. The summed E-state index contributed by atoms with van der Waals surface area (Å²) >= 11 is 6.59. The van der Waals surface area contributed by atoms with Crippen molar-refractivity contribution in [1.82, 2.24) is 0 Å². The second-order valence-corrected chi connectivity index (χ2v) is 9.33. The molecule has 0 radical (unpaired) electrons. The minimum Gasteiger partial charge on any atom is -0.491 e. The Morgan fingerprint density at radius 3 is 2.33 bits per heavy atom. The molecule has 1 aliphatic heterocycles. The Balaban J connectivity index is 1.53. The Bertz CT molecular complexity index is 1220. The number of benzene rings is 3. The zero-order valence-electron chi connectivity index (χ0n) is 18.8. The van der Waals surface area contributed by atoms with Crippen molar-refractivity contribution in [1.29, 1.82) is 0 Å². The van der Waals surface area contributed by atoms with E-state index in [2.05, 4.69) is 22.8 Å². The van der Waals surface area contributed by atoms with Crippen LogP contribution >= 0.6 is 11.6 Å². The topological polar surface area (TPSA) is 50.4 Å². The molecule has 0 spiro atoms. The molecule has 0 saturated heterocycles. The van der Waals surface area contributed by atoms with Gasteiger partial charge in [-0.05, 0) is 67.6 Å². The van der Waals surface area contributed by atoms with Gasteiger partial charge < -0.3 is 15.4 Å². The maximum Gasteiger partial charge on any atom is 0.163 e. The summed E-state index contributed by atoms with van der Waals surface area (Å²) in [5.74, 6) is 1.09. The molecule has 0 amide bonds. The molecule has 0 fully saturated rings. The fraction of sp³-hybridized carbons (Fsp3) is 0.250. The number of halogens is 1. The Morgan fingerprint density at radius 2 is 1.61 bits per heavy atom. The van der Waals surface area contributed by atoms with Crippen LogP contribution in [0.3, 0.4) is 0 Å². The van der Waals surface area contributed by atoms with E-state index in [1.165, 1.54) is 0 Å². The number of carbonyl (C=O) groups is 1. The zero-order chi connectivity index (χ0) is 22.9. The smallest absolute Gasteiger partial charge is 0.163 e. The second-order valence-electron chi connectivity index (χ2n) is 8.93. The fourth-order valence-corrected chi connectivity index (χ4v) is 5.01. The predicted molar refractivity (Wildman–Crippen MR) is 134 cm³/mol. The van der Waals surface area contributed by atoms with Gasteiger partial charge in [-0.25, -0.2) is 0 Å². The van der Waals surface area contributed by atoms with Gasteiger partial charge in [0.25, 0.3) is 0 Å². The quantitative estimate of drug-likeness (QED) is 0.437. The lowest BCUT2D eigenvalue weighted by Gasteiger charge is -2.30. The third kappa shape index (κ3) is 4.36. The van der Waals surface area contributed by atoms with Crippen LogP contribution in [-0.2, 0) is 4.79 Å². The average molecular weight is 459 g/mol. The molecule has 0 aromatic heterocycles. The van der Waals surface area contributed by atoms with E-state index >= 15 is 0 Å². The molecule has 1 heterocycles. The summed E-state index contributed by atoms with van der Waals surface area (Å²) < 4.78 is 5.78. The summed E-state index contributed by atoms with van der Waals surface area (Å²) in [4.78, 5) is 13.6. The summed E-state index contributed by atoms with van der Waals surface area (Å²) in [6, 6.07) is 23.6. The van der Waals surface area contributed by atoms with Gasteiger partial charge in [0.1, 0.15) is 5.75 Å². The van der Waals surface area contributed by atoms with Crippen molar-refractivity contribution in [2.45, 2.75) is 44.8 Å². The number of hydrogen-bond donors (Lipinski definition) is 2. The maximum atomic E-state index is 13.6. The van der Waals surface area contributed by atoms with Gasteiger partial charge in [0.2, 0.25) is 0 Å². The van der Waals surface area contributed by atoms with Gasteiger partial charge in [-0.2, -0.15) is 0 Å². The molecule has 4 nitrogen and oxygen atoms in total. The van der Waals surface area contributed by atoms with Gasteiger partial charge in [-0.15, -0.1) is 0 Å². The lowest BCUT2D eigenvalue weighted by Crippen LogP contribution is -2.27. The van der Waals surface area contributed by atoms with E-state index in [-0.39, 0.29) is 23.8 Å². The highest BCUT2D eigenvalue weighted by atomic mass is 35.5. The molecule has 33 heavy (non-hydrogen) atoms. The van der Waals surface area contributed by atoms with Gasteiger partial charge in [-0.3, -0.25) is 4.79 Å². The normalized spacial score (nSPS) is 19.8. The van der Waals surface area contributed by atoms with E-state index in [1.807, 2.05) is 74.5 Å². The van der Waals surface area contributed by atoms with Crippen LogP contribution in [-0.4, -0.2) is 11.9 Å². The molecular weight excluding hydrogens is 432 g/mol. The average Bonchev–Trinajstić information content (AvgIpc) is 2.96. The van der Waals surface area contributed by atoms with Gasteiger partial charge in [0.15, 0.2) is 5.78 Å². The molecule has 2 atom stereocenters. The van der Waals surface area contributed by atoms with Crippen LogP contribution in [0.5, 0.6) is 5.75 Å². The fourth-order valence-electron chi connectivity index (χ4n) is 4.76. The lowest BCUT2D eigenvalue weighted by atomic mass is 9.78. The van der Waals surface area contributed by atoms with Crippen molar-refractivity contribution in [3.63, 3.8) is 0 Å². The van der Waals surface area contributed by atoms with Crippen LogP contribution in [0.15, 0.2) is 84.1 Å². The summed E-state index contributed by atoms with van der Waals surface area (Å²) in [5.41, 5.74) is 5.71. The van der Waals surface area contributed by atoms with Gasteiger partial charge in [-0.1, -0.05) is 54.1 Å². The largest absolute Gasteiger partial charge is 0.491 e. The van der Waals surface area contributed by atoms with Crippen LogP contribution in [0, 0.1) is 0 Å². The standard InChI is InChI=1S/C28H27ClN2O2/c1-17(2)33-20-13-11-18(12-14-20)19-15-25-27(26(32)16-19)28(21-7-3-4-8-22(21)29)31-24-10-6-5-9-23(24)30-25/h3-14,17,19,28,30-31H,15-16H2,1-2H3. The van der Waals surface area contributed by atoms with Crippen molar-refractivity contribution in [2.24, 2.45) is 0 Å². The highest BCUT2D eigenvalue weighted by Gasteiger charge is 2.36. The molecule has 2 aliphatic rings. The summed E-state index contributed by atoms with van der Waals surface area (Å²) in [6.07, 6.45) is 1.34. The summed E-state index contributed by atoms with van der Waals surface area (Å²) in [6.45, 7) is 4.03. The second kappa shape index (κ2) is 8.95. The number of anilines is 2. The number of ketones is 1. The van der Waals surface area contributed by atoms with E-state index in [1.54, 1.807) is 0 Å². The number of ether oxygens (including phenoxy) is 1. The van der Waals surface area contributed by atoms with Gasteiger partial charge in [0, 0.05) is 22.7 Å². The van der Waals surface area contributed by atoms with E-state index in [0.29, 0.717) is 11.4 Å². The molecular formula is C28H27ClN2O2. The summed E-state index contributed by atoms with van der Waals surface area (Å²) in [5, 5.41) is 7.81. The Labute approximate surface area is 199 Å². The minimum atomic E-state index is -0.305. The van der Waals surface area contributed by atoms with Crippen molar-refractivity contribution in [3.05, 3.63) is 100 Å². The first-order valence-electron chi connectivity index (χ1n) is 11.4. The molecule has 5 heteroatoms. The van der Waals surface area contributed by atoms with Crippen LogP contribution in [0.1, 0.15) is 49.8 Å². The van der Waals surface area contributed by atoms with Crippen molar-refractivity contribution >= 4 is 28.8 Å². The highest BCUT2D eigenvalue weighted by molar-refractivity contribution is 6.31. The first kappa shape index (κ1) is 21.6. The number of para-hydroxylation sites is 2. The monoisotopic (exact) mass is 458 g/mol. The molecule has 0 bridgehead atoms. The molecule has 2 unspecified atom stereocenters. The number of nitrogens with one attached hydrogen (secondary N) is 2. The third-order valence-corrected chi connectivity index (χ3v) is 6.59. The third-order valence-electron chi connectivity index (χ3n) is 6.25. The van der Waals surface area contributed by atoms with Crippen LogP contribution in [0.4, 0.5) is 11.4 Å². The van der Waals surface area contributed by atoms with Crippen molar-refractivity contribution in [2.75, 3.05) is 10.6 Å². The lowest BCUT2D eigenvalue weighted by molar-refractivity contribution is -0.116. The molecule has 168 valence electrons. The number of carbonyl (C=O) groups excluding carboxylic acids is 1. The van der Waals surface area contributed by atoms with E-state index in [0.717, 1.165) is 45.9 Å². The maximum absolute atomic E-state index is 13.6. The van der Waals surface area contributed by atoms with E-state index in [9.17, 15) is 4.79 Å². The van der Waals surface area contributed by atoms with E-state index in [4.69, 9.17) is 16.3 Å². The molecule has 3 aromatic carbocycles. The van der Waals surface area contributed by atoms with Crippen LogP contribution in [0.2, 0.25) is 5.02 Å². The van der Waals surface area contributed by atoms with Gasteiger partial charge in [0.05, 0.1) is 23.5 Å². The Kier molecular flexibility index (Phi) is 5.86. The highest BCUT2D eigenvalue weighted by Crippen LogP contribution is 2.45. The number of hydrogen-bond acceptors (Lipinski definition) is 4. The summed E-state index contributed by atoms with van der Waals surface area (Å²) in [7, 11) is 0. The number of rotatable bonds is 4. The van der Waals surface area contributed by atoms with Crippen LogP contribution < -0.4 is 15.4 Å². The zero-order valence-corrected chi connectivity index (χ0v) is 19.5. The Morgan fingerprint density at radius 1 is 0.909 bits per heavy atom. The van der Waals surface area contributed by atoms with Crippen LogP contribution in [0.25, 0.3) is 0 Å². The van der Waals surface area contributed by atoms with Crippen molar-refractivity contribution < 1.29 is 9.53 Å². The van der Waals surface area contributed by atoms with Gasteiger partial charge >= 0.3 is 0 Å². The molecule has 3 aromatic rings. The number of fused-ring (bicyclic) bond motifs is 1. The predicted octanol–water partition coefficient (Wildman–Crippen LogP) is 7.11. The number of Topliss-reactive ketones (excluding diaryl/α,β-unsaturated/α-hetero) is 1. The molecule has 0 saturated carbocycles. The number of allylic oxidation sites excluding steroid dienone is 1. The minimum absolute atomic E-state index is 0.106.